The molecule has 3 rings (SSSR count). The molecule has 0 saturated carbocycles. The number of anilines is 1. The molecule has 0 bridgehead atoms. The van der Waals surface area contributed by atoms with Gasteiger partial charge < -0.3 is 10.2 Å². The van der Waals surface area contributed by atoms with E-state index in [-0.39, 0.29) is 0 Å². The van der Waals surface area contributed by atoms with Crippen LogP contribution in [0.4, 0.5) is 5.82 Å². The van der Waals surface area contributed by atoms with Gasteiger partial charge in [0.15, 0.2) is 0 Å². The summed E-state index contributed by atoms with van der Waals surface area (Å²) in [4.78, 5) is 6.72. The number of benzene rings is 1. The Labute approximate surface area is 150 Å². The van der Waals surface area contributed by atoms with E-state index >= 15 is 0 Å². The second-order valence-electron chi connectivity index (χ2n) is 6.93. The van der Waals surface area contributed by atoms with Crippen LogP contribution in [0, 0.1) is 11.3 Å². The zero-order valence-corrected chi connectivity index (χ0v) is 15.0. The standard InChI is InChI=1S/C21H26N4/c1-16(19-6-4-3-5-7-19)17(2)24-20-10-12-25(13-11-20)21-9-8-18(14-22)15-23-21/h3-9,15-17,20,24H,10-13H2,1-2H3/t16-,17+/m1/s1. The Morgan fingerprint density at radius 1 is 1.12 bits per heavy atom. The van der Waals surface area contributed by atoms with Crippen LogP contribution in [0.15, 0.2) is 48.7 Å². The third kappa shape index (κ3) is 4.37. The quantitative estimate of drug-likeness (QED) is 0.906. The average Bonchev–Trinajstić information content (AvgIpc) is 2.68. The van der Waals surface area contributed by atoms with Crippen LogP contribution < -0.4 is 10.2 Å². The van der Waals surface area contributed by atoms with Crippen LogP contribution in [0.2, 0.25) is 0 Å². The summed E-state index contributed by atoms with van der Waals surface area (Å²) in [5, 5.41) is 12.7. The van der Waals surface area contributed by atoms with Gasteiger partial charge in [0.1, 0.15) is 11.9 Å². The van der Waals surface area contributed by atoms with Crippen LogP contribution in [0.1, 0.15) is 43.7 Å². The number of aromatic nitrogens is 1. The van der Waals surface area contributed by atoms with Gasteiger partial charge in [-0.05, 0) is 43.4 Å². The van der Waals surface area contributed by atoms with E-state index in [0.717, 1.165) is 31.7 Å². The summed E-state index contributed by atoms with van der Waals surface area (Å²) < 4.78 is 0. The summed E-state index contributed by atoms with van der Waals surface area (Å²) >= 11 is 0. The molecule has 1 fully saturated rings. The lowest BCUT2D eigenvalue weighted by atomic mass is 9.93. The monoisotopic (exact) mass is 334 g/mol. The van der Waals surface area contributed by atoms with Gasteiger partial charge >= 0.3 is 0 Å². The maximum absolute atomic E-state index is 8.87. The van der Waals surface area contributed by atoms with Crippen LogP contribution in [-0.2, 0) is 0 Å². The third-order valence-electron chi connectivity index (χ3n) is 5.27. The largest absolute Gasteiger partial charge is 0.357 e. The van der Waals surface area contributed by atoms with E-state index in [2.05, 4.69) is 65.4 Å². The molecule has 130 valence electrons. The van der Waals surface area contributed by atoms with Gasteiger partial charge in [0.05, 0.1) is 5.56 Å². The number of hydrogen-bond acceptors (Lipinski definition) is 4. The normalized spacial score (nSPS) is 17.7. The van der Waals surface area contributed by atoms with Crippen molar-refractivity contribution in [3.05, 3.63) is 59.8 Å². The van der Waals surface area contributed by atoms with Gasteiger partial charge in [-0.1, -0.05) is 37.3 Å². The van der Waals surface area contributed by atoms with Gasteiger partial charge in [-0.15, -0.1) is 0 Å². The number of piperidine rings is 1. The molecule has 0 amide bonds. The fourth-order valence-corrected chi connectivity index (χ4v) is 3.48. The average molecular weight is 334 g/mol. The molecule has 1 aromatic carbocycles. The molecule has 2 heterocycles. The molecular weight excluding hydrogens is 308 g/mol. The molecule has 2 atom stereocenters. The Kier molecular flexibility index (Phi) is 5.67. The van der Waals surface area contributed by atoms with Gasteiger partial charge in [-0.2, -0.15) is 5.26 Å². The van der Waals surface area contributed by atoms with Gasteiger partial charge in [-0.25, -0.2) is 4.98 Å². The number of nitrogens with zero attached hydrogens (tertiary/aromatic N) is 3. The predicted molar refractivity (Wildman–Crippen MR) is 102 cm³/mol. The number of nitriles is 1. The van der Waals surface area contributed by atoms with Crippen molar-refractivity contribution in [1.82, 2.24) is 10.3 Å². The fourth-order valence-electron chi connectivity index (χ4n) is 3.48. The molecule has 0 spiro atoms. The number of hydrogen-bond donors (Lipinski definition) is 1. The summed E-state index contributed by atoms with van der Waals surface area (Å²) in [6.45, 7) is 6.58. The van der Waals surface area contributed by atoms with E-state index in [1.165, 1.54) is 5.56 Å². The van der Waals surface area contributed by atoms with Crippen LogP contribution in [-0.4, -0.2) is 30.2 Å². The van der Waals surface area contributed by atoms with Crippen molar-refractivity contribution in [3.8, 4) is 6.07 Å². The summed E-state index contributed by atoms with van der Waals surface area (Å²) in [6.07, 6.45) is 3.89. The minimum absolute atomic E-state index is 0.451. The first-order valence-electron chi connectivity index (χ1n) is 9.09. The van der Waals surface area contributed by atoms with E-state index < -0.39 is 0 Å². The zero-order chi connectivity index (χ0) is 17.6. The first-order valence-corrected chi connectivity index (χ1v) is 9.09. The number of rotatable bonds is 5. The molecule has 0 radical (unpaired) electrons. The van der Waals surface area contributed by atoms with Crippen molar-refractivity contribution in [1.29, 1.82) is 5.26 Å². The second-order valence-corrected chi connectivity index (χ2v) is 6.93. The van der Waals surface area contributed by atoms with Gasteiger partial charge in [0, 0.05) is 31.4 Å². The molecule has 1 saturated heterocycles. The maximum Gasteiger partial charge on any atom is 0.128 e. The summed E-state index contributed by atoms with van der Waals surface area (Å²) in [6, 6.07) is 17.6. The summed E-state index contributed by atoms with van der Waals surface area (Å²) in [7, 11) is 0. The highest BCUT2D eigenvalue weighted by Crippen LogP contribution is 2.22. The van der Waals surface area contributed by atoms with Crippen molar-refractivity contribution in [2.24, 2.45) is 0 Å². The molecule has 1 N–H and O–H groups in total. The van der Waals surface area contributed by atoms with Crippen LogP contribution in [0.25, 0.3) is 0 Å². The van der Waals surface area contributed by atoms with Crippen LogP contribution in [0.5, 0.6) is 0 Å². The summed E-state index contributed by atoms with van der Waals surface area (Å²) in [5.41, 5.74) is 2.01. The van der Waals surface area contributed by atoms with Crippen LogP contribution >= 0.6 is 0 Å². The molecule has 25 heavy (non-hydrogen) atoms. The van der Waals surface area contributed by atoms with E-state index in [0.29, 0.717) is 23.6 Å². The smallest absolute Gasteiger partial charge is 0.128 e. The summed E-state index contributed by atoms with van der Waals surface area (Å²) in [5.74, 6) is 1.47. The molecule has 0 aliphatic carbocycles. The minimum Gasteiger partial charge on any atom is -0.357 e. The number of pyridine rings is 1. The van der Waals surface area contributed by atoms with E-state index in [9.17, 15) is 0 Å². The first kappa shape index (κ1) is 17.4. The van der Waals surface area contributed by atoms with Crippen molar-refractivity contribution < 1.29 is 0 Å². The lowest BCUT2D eigenvalue weighted by molar-refractivity contribution is 0.354. The second kappa shape index (κ2) is 8.13. The van der Waals surface area contributed by atoms with E-state index in [1.54, 1.807) is 6.20 Å². The van der Waals surface area contributed by atoms with Gasteiger partial charge in [0.2, 0.25) is 0 Å². The van der Waals surface area contributed by atoms with Gasteiger partial charge in [0.25, 0.3) is 0 Å². The Morgan fingerprint density at radius 3 is 2.44 bits per heavy atom. The van der Waals surface area contributed by atoms with E-state index in [1.807, 2.05) is 12.1 Å². The first-order chi connectivity index (χ1) is 12.2. The lowest BCUT2D eigenvalue weighted by Gasteiger charge is -2.35. The zero-order valence-electron chi connectivity index (χ0n) is 15.0. The fraction of sp³-hybridized carbons (Fsp3) is 0.429. The Hall–Kier alpha value is -2.38. The van der Waals surface area contributed by atoms with Crippen molar-refractivity contribution in [2.45, 2.75) is 44.7 Å². The Balaban J connectivity index is 1.51. The molecule has 1 aliphatic rings. The van der Waals surface area contributed by atoms with Crippen molar-refractivity contribution >= 4 is 5.82 Å². The Morgan fingerprint density at radius 2 is 1.84 bits per heavy atom. The highest BCUT2D eigenvalue weighted by molar-refractivity contribution is 5.42. The maximum atomic E-state index is 8.87. The molecule has 1 aromatic heterocycles. The predicted octanol–water partition coefficient (Wildman–Crippen LogP) is 3.70. The SMILES string of the molecule is C[C@H](NC1CCN(c2ccc(C#N)cn2)CC1)[C@@H](C)c1ccccc1. The van der Waals surface area contributed by atoms with Crippen molar-refractivity contribution in [2.75, 3.05) is 18.0 Å². The van der Waals surface area contributed by atoms with E-state index in [4.69, 9.17) is 5.26 Å². The molecule has 1 aliphatic heterocycles. The molecule has 0 unspecified atom stereocenters. The molecule has 2 aromatic rings. The molecule has 4 nitrogen and oxygen atoms in total. The highest BCUT2D eigenvalue weighted by Gasteiger charge is 2.23. The van der Waals surface area contributed by atoms with Crippen molar-refractivity contribution in [3.63, 3.8) is 0 Å². The lowest BCUT2D eigenvalue weighted by Crippen LogP contribution is -2.47. The Bertz CT molecular complexity index is 697. The minimum atomic E-state index is 0.451. The topological polar surface area (TPSA) is 52.0 Å². The molecule has 4 heteroatoms. The number of nitrogens with one attached hydrogen (secondary N) is 1. The highest BCUT2D eigenvalue weighted by atomic mass is 15.2. The third-order valence-corrected chi connectivity index (χ3v) is 5.27. The molecular formula is C21H26N4. The van der Waals surface area contributed by atoms with Gasteiger partial charge in [-0.3, -0.25) is 0 Å². The van der Waals surface area contributed by atoms with Crippen LogP contribution in [0.3, 0.4) is 0 Å².